The van der Waals surface area contributed by atoms with Crippen LogP contribution in [0.2, 0.25) is 0 Å². The third-order valence-corrected chi connectivity index (χ3v) is 5.18. The zero-order chi connectivity index (χ0) is 17.5. The van der Waals surface area contributed by atoms with Crippen LogP contribution in [0.4, 0.5) is 0 Å². The standard InChI is InChI=1S/C19H34NOP/c1-12(2)20(13(3)4)17(21)16-15(19(8,9)10)14(11-22-16)18(5,6)7/h11-13,22H,1-10H3. The average molecular weight is 323 g/mol. The first kappa shape index (κ1) is 19.3. The summed E-state index contributed by atoms with van der Waals surface area (Å²) in [6, 6.07) is 0.453. The highest BCUT2D eigenvalue weighted by molar-refractivity contribution is 7.32. The molecule has 1 heterocycles. The maximum atomic E-state index is 13.2. The smallest absolute Gasteiger partial charge is 0.258 e. The van der Waals surface area contributed by atoms with E-state index >= 15 is 0 Å². The molecular weight excluding hydrogens is 289 g/mol. The van der Waals surface area contributed by atoms with Gasteiger partial charge in [0.2, 0.25) is 0 Å². The Bertz CT molecular complexity index is 519. The highest BCUT2D eigenvalue weighted by atomic mass is 31.0. The summed E-state index contributed by atoms with van der Waals surface area (Å²) >= 11 is 0. The Balaban J connectivity index is 3.49. The van der Waals surface area contributed by atoms with Crippen molar-refractivity contribution in [2.24, 2.45) is 0 Å². The maximum absolute atomic E-state index is 13.2. The Labute approximate surface area is 138 Å². The fourth-order valence-corrected chi connectivity index (χ4v) is 4.93. The topological polar surface area (TPSA) is 20.3 Å². The van der Waals surface area contributed by atoms with Crippen molar-refractivity contribution in [2.75, 3.05) is 0 Å². The van der Waals surface area contributed by atoms with Gasteiger partial charge in [-0.25, -0.2) is 0 Å². The monoisotopic (exact) mass is 323 g/mol. The molecule has 0 saturated carbocycles. The molecule has 0 bridgehead atoms. The molecule has 0 spiro atoms. The van der Waals surface area contributed by atoms with Gasteiger partial charge in [-0.2, -0.15) is 0 Å². The maximum Gasteiger partial charge on any atom is 0.258 e. The molecule has 1 rings (SSSR count). The van der Waals surface area contributed by atoms with Crippen molar-refractivity contribution >= 4 is 14.1 Å². The minimum atomic E-state index is -0.00671. The largest absolute Gasteiger partial charge is 0.334 e. The lowest BCUT2D eigenvalue weighted by Gasteiger charge is -2.33. The fourth-order valence-electron chi connectivity index (χ4n) is 3.16. The Morgan fingerprint density at radius 3 is 1.73 bits per heavy atom. The lowest BCUT2D eigenvalue weighted by molar-refractivity contribution is 0.0646. The highest BCUT2D eigenvalue weighted by Crippen LogP contribution is 2.42. The molecule has 0 N–H and O–H groups in total. The normalized spacial score (nSPS) is 13.5. The lowest BCUT2D eigenvalue weighted by atomic mass is 9.76. The predicted molar refractivity (Wildman–Crippen MR) is 99.8 cm³/mol. The number of rotatable bonds is 3. The van der Waals surface area contributed by atoms with Gasteiger partial charge < -0.3 is 4.90 Å². The van der Waals surface area contributed by atoms with Crippen molar-refractivity contribution in [1.29, 1.82) is 0 Å². The van der Waals surface area contributed by atoms with E-state index in [2.05, 4.69) is 75.0 Å². The number of amides is 1. The molecule has 0 radical (unpaired) electrons. The first-order valence-electron chi connectivity index (χ1n) is 8.33. The van der Waals surface area contributed by atoms with Gasteiger partial charge in [-0.3, -0.25) is 4.79 Å². The third-order valence-electron chi connectivity index (χ3n) is 4.00. The van der Waals surface area contributed by atoms with Crippen LogP contribution in [0.25, 0.3) is 0 Å². The van der Waals surface area contributed by atoms with Gasteiger partial charge in [-0.15, -0.1) is 8.19 Å². The SMILES string of the molecule is CC(C)N(C(=O)c1[pH]cc(C(C)(C)C)c1C(C)(C)C)C(C)C. The number of carbonyl (C=O) groups excluding carboxylic acids is 1. The van der Waals surface area contributed by atoms with Gasteiger partial charge in [0.1, 0.15) is 0 Å². The molecular formula is C19H34NOP. The number of hydrogen-bond acceptors (Lipinski definition) is 1. The molecule has 1 unspecified atom stereocenters. The van der Waals surface area contributed by atoms with Crippen LogP contribution in [0.3, 0.4) is 0 Å². The number of carbonyl (C=O) groups is 1. The molecule has 126 valence electrons. The van der Waals surface area contributed by atoms with Gasteiger partial charge in [-0.1, -0.05) is 41.5 Å². The zero-order valence-corrected chi connectivity index (χ0v) is 17.1. The molecule has 0 aliphatic heterocycles. The summed E-state index contributed by atoms with van der Waals surface area (Å²) in [5, 5.41) is 1.03. The van der Waals surface area contributed by atoms with E-state index in [0.29, 0.717) is 8.19 Å². The van der Waals surface area contributed by atoms with Crippen LogP contribution in [0, 0.1) is 0 Å². The van der Waals surface area contributed by atoms with Crippen LogP contribution in [-0.2, 0) is 10.8 Å². The molecule has 1 amide bonds. The molecule has 1 aromatic heterocycles. The molecule has 1 aromatic rings. The van der Waals surface area contributed by atoms with Crippen LogP contribution in [0.1, 0.15) is 90.5 Å². The third kappa shape index (κ3) is 3.96. The van der Waals surface area contributed by atoms with E-state index in [1.807, 2.05) is 4.90 Å². The quantitative estimate of drug-likeness (QED) is 0.712. The average Bonchev–Trinajstić information content (AvgIpc) is 2.70. The van der Waals surface area contributed by atoms with Crippen LogP contribution < -0.4 is 0 Å². The highest BCUT2D eigenvalue weighted by Gasteiger charge is 2.33. The minimum absolute atomic E-state index is 0.00671. The fraction of sp³-hybridized carbons (Fsp3) is 0.737. The second-order valence-corrected chi connectivity index (χ2v) is 9.93. The molecule has 0 saturated heterocycles. The summed E-state index contributed by atoms with van der Waals surface area (Å²) in [7, 11) is 0.492. The van der Waals surface area contributed by atoms with Crippen molar-refractivity contribution in [3.05, 3.63) is 22.2 Å². The van der Waals surface area contributed by atoms with E-state index in [9.17, 15) is 4.79 Å². The lowest BCUT2D eigenvalue weighted by Crippen LogP contribution is -2.42. The van der Waals surface area contributed by atoms with Crippen molar-refractivity contribution in [1.82, 2.24) is 4.90 Å². The second kappa shape index (κ2) is 6.40. The second-order valence-electron chi connectivity index (χ2n) is 8.85. The van der Waals surface area contributed by atoms with E-state index in [-0.39, 0.29) is 28.8 Å². The Kier molecular flexibility index (Phi) is 5.61. The number of nitrogens with zero attached hydrogens (tertiary/aromatic N) is 1. The molecule has 1 atom stereocenters. The van der Waals surface area contributed by atoms with Gasteiger partial charge in [0.05, 0.1) is 5.30 Å². The van der Waals surface area contributed by atoms with Gasteiger partial charge in [-0.05, 0) is 55.4 Å². The number of hydrogen-bond donors (Lipinski definition) is 0. The van der Waals surface area contributed by atoms with E-state index in [1.54, 1.807) is 0 Å². The summed E-state index contributed by atoms with van der Waals surface area (Å²) in [6.07, 6.45) is 0. The minimum Gasteiger partial charge on any atom is -0.334 e. The molecule has 0 fully saturated rings. The zero-order valence-electron chi connectivity index (χ0n) is 16.1. The Hall–Kier alpha value is -0.750. The van der Waals surface area contributed by atoms with Gasteiger partial charge in [0.25, 0.3) is 5.91 Å². The van der Waals surface area contributed by atoms with E-state index < -0.39 is 0 Å². The molecule has 22 heavy (non-hydrogen) atoms. The summed E-state index contributed by atoms with van der Waals surface area (Å²) < 4.78 is 0. The first-order valence-corrected chi connectivity index (χ1v) is 9.41. The van der Waals surface area contributed by atoms with Gasteiger partial charge in [0, 0.05) is 12.1 Å². The Morgan fingerprint density at radius 2 is 1.41 bits per heavy atom. The molecule has 2 nitrogen and oxygen atoms in total. The van der Waals surface area contributed by atoms with E-state index in [4.69, 9.17) is 0 Å². The van der Waals surface area contributed by atoms with Crippen LogP contribution >= 0.6 is 8.19 Å². The van der Waals surface area contributed by atoms with Crippen molar-refractivity contribution < 1.29 is 4.79 Å². The van der Waals surface area contributed by atoms with Crippen LogP contribution in [0.15, 0.2) is 5.80 Å². The molecule has 3 heteroatoms. The van der Waals surface area contributed by atoms with Gasteiger partial charge in [0.15, 0.2) is 0 Å². The summed E-state index contributed by atoms with van der Waals surface area (Å²) in [4.78, 5) is 15.2. The predicted octanol–water partition coefficient (Wildman–Crippen LogP) is 5.57. The molecule has 0 aliphatic carbocycles. The Morgan fingerprint density at radius 1 is 0.955 bits per heavy atom. The van der Waals surface area contributed by atoms with Crippen molar-refractivity contribution in [2.45, 2.75) is 92.2 Å². The van der Waals surface area contributed by atoms with Crippen LogP contribution in [-0.4, -0.2) is 22.9 Å². The molecule has 0 aromatic carbocycles. The summed E-state index contributed by atoms with van der Waals surface area (Å²) in [6.45, 7) is 21.8. The van der Waals surface area contributed by atoms with E-state index in [0.717, 1.165) is 5.30 Å². The summed E-state index contributed by atoms with van der Waals surface area (Å²) in [5.41, 5.74) is 2.70. The first-order chi connectivity index (χ1) is 9.78. The van der Waals surface area contributed by atoms with Gasteiger partial charge >= 0.3 is 0 Å². The van der Waals surface area contributed by atoms with Crippen LogP contribution in [0.5, 0.6) is 0 Å². The van der Waals surface area contributed by atoms with E-state index in [1.165, 1.54) is 11.1 Å². The summed E-state index contributed by atoms with van der Waals surface area (Å²) in [5.74, 6) is 2.52. The molecule has 0 aliphatic rings. The van der Waals surface area contributed by atoms with Crippen molar-refractivity contribution in [3.63, 3.8) is 0 Å². The van der Waals surface area contributed by atoms with Crippen molar-refractivity contribution in [3.8, 4) is 0 Å².